The summed E-state index contributed by atoms with van der Waals surface area (Å²) in [5.41, 5.74) is 7.05. The Bertz CT molecular complexity index is 1090. The van der Waals surface area contributed by atoms with Gasteiger partial charge < -0.3 is 5.73 Å². The number of nitrogens with two attached hydrogens (primary N) is 1. The van der Waals surface area contributed by atoms with E-state index in [1.54, 1.807) is 0 Å². The number of allylic oxidation sites excluding steroid dienone is 4. The number of rotatable bonds is 0. The second-order valence-electron chi connectivity index (χ2n) is 14.5. The van der Waals surface area contributed by atoms with Crippen molar-refractivity contribution >= 4 is 11.6 Å². The number of carbonyl (C=O) groups excluding carboxylic acids is 2. The first-order valence-electron chi connectivity index (χ1n) is 13.3. The van der Waals surface area contributed by atoms with Crippen LogP contribution >= 0.6 is 0 Å². The third-order valence-electron chi connectivity index (χ3n) is 11.9. The first kappa shape index (κ1) is 24.0. The van der Waals surface area contributed by atoms with Gasteiger partial charge in [0.15, 0.2) is 11.6 Å². The third-order valence-corrected chi connectivity index (χ3v) is 11.9. The van der Waals surface area contributed by atoms with Gasteiger partial charge in [0.2, 0.25) is 0 Å². The maximum Gasteiger partial charge on any atom is 0.178 e. The largest absolute Gasteiger partial charge is 0.325 e. The summed E-state index contributed by atoms with van der Waals surface area (Å²) in [6, 6.07) is 2.19. The van der Waals surface area contributed by atoms with Crippen LogP contribution in [0.15, 0.2) is 23.3 Å². The molecule has 0 unspecified atom stereocenters. The average molecular weight is 463 g/mol. The van der Waals surface area contributed by atoms with Crippen LogP contribution in [0.25, 0.3) is 0 Å². The van der Waals surface area contributed by atoms with Crippen molar-refractivity contribution in [1.29, 1.82) is 5.26 Å². The second kappa shape index (κ2) is 6.73. The second-order valence-corrected chi connectivity index (χ2v) is 14.5. The summed E-state index contributed by atoms with van der Waals surface area (Å²) < 4.78 is 0. The molecular weight excluding hydrogens is 420 g/mol. The van der Waals surface area contributed by atoms with Crippen molar-refractivity contribution in [3.05, 3.63) is 23.3 Å². The summed E-state index contributed by atoms with van der Waals surface area (Å²) in [6.07, 6.45) is 10.9. The van der Waals surface area contributed by atoms with Gasteiger partial charge in [0, 0.05) is 22.3 Å². The van der Waals surface area contributed by atoms with Crippen molar-refractivity contribution in [2.24, 2.45) is 50.6 Å². The Morgan fingerprint density at radius 1 is 0.971 bits per heavy atom. The summed E-state index contributed by atoms with van der Waals surface area (Å²) >= 11 is 0. The minimum absolute atomic E-state index is 0.0529. The lowest BCUT2D eigenvalue weighted by Crippen LogP contribution is -2.68. The number of carbonyl (C=O) groups is 2. The van der Waals surface area contributed by atoms with E-state index in [9.17, 15) is 14.9 Å². The number of hydrogen-bond donors (Lipinski definition) is 1. The summed E-state index contributed by atoms with van der Waals surface area (Å²) in [5, 5.41) is 9.82. The zero-order valence-corrected chi connectivity index (χ0v) is 22.2. The molecule has 0 saturated heterocycles. The molecule has 3 saturated carbocycles. The number of fused-ring (bicyclic) bond motifs is 7. The number of hydrogen-bond acceptors (Lipinski definition) is 4. The van der Waals surface area contributed by atoms with Crippen LogP contribution in [0, 0.1) is 56.2 Å². The first-order chi connectivity index (χ1) is 15.6. The highest BCUT2D eigenvalue weighted by Gasteiger charge is 2.69. The molecule has 0 radical (unpaired) electrons. The summed E-state index contributed by atoms with van der Waals surface area (Å²) in [7, 11) is 0. The van der Waals surface area contributed by atoms with Crippen molar-refractivity contribution in [3.8, 4) is 6.07 Å². The van der Waals surface area contributed by atoms with Gasteiger partial charge in [-0.05, 0) is 79.1 Å². The Kier molecular flexibility index (Phi) is 4.74. The Morgan fingerprint density at radius 2 is 1.62 bits per heavy atom. The van der Waals surface area contributed by atoms with E-state index in [4.69, 9.17) is 5.73 Å². The molecule has 0 aromatic carbocycles. The molecule has 0 bridgehead atoms. The predicted octanol–water partition coefficient (Wildman–Crippen LogP) is 5.92. The Labute approximate surface area is 205 Å². The quantitative estimate of drug-likeness (QED) is 0.484. The normalized spacial score (nSPS) is 48.9. The molecule has 2 N–H and O–H groups in total. The molecule has 0 aliphatic heterocycles. The fourth-order valence-electron chi connectivity index (χ4n) is 9.67. The Morgan fingerprint density at radius 3 is 2.26 bits per heavy atom. The number of Topliss-reactive ketones (excluding diaryl/α,β-unsaturated/α-hetero) is 1. The van der Waals surface area contributed by atoms with Gasteiger partial charge in [0.1, 0.15) is 6.07 Å². The third kappa shape index (κ3) is 2.74. The topological polar surface area (TPSA) is 83.9 Å². The molecule has 0 aromatic rings. The maximum atomic E-state index is 14.1. The summed E-state index contributed by atoms with van der Waals surface area (Å²) in [4.78, 5) is 27.3. The number of ketones is 2. The molecule has 0 spiro atoms. The van der Waals surface area contributed by atoms with E-state index in [2.05, 4.69) is 40.7 Å². The maximum absolute atomic E-state index is 14.1. The minimum atomic E-state index is -0.621. The molecule has 0 aromatic heterocycles. The molecule has 5 aliphatic rings. The lowest BCUT2D eigenvalue weighted by atomic mass is 9.35. The Balaban J connectivity index is 1.69. The van der Waals surface area contributed by atoms with Gasteiger partial charge in [-0.1, -0.05) is 60.1 Å². The standard InChI is InChI=1S/C30H42N2O2/c1-25(2)10-12-30(32)13-11-29(7)23(19(30)16-25)20(33)14-22-27(5)15-18(17-31)24(34)26(3,4)21(27)8-9-28(22,29)6/h14-15,19,21,23H,8-13,16,32H2,1-7H3/t19-,21-,23-,27-,28+,29+,30-/m0/s1. The van der Waals surface area contributed by atoms with Gasteiger partial charge in [-0.25, -0.2) is 0 Å². The van der Waals surface area contributed by atoms with Crippen molar-refractivity contribution in [1.82, 2.24) is 0 Å². The average Bonchev–Trinajstić information content (AvgIpc) is 2.74. The summed E-state index contributed by atoms with van der Waals surface area (Å²) in [6.45, 7) is 15.6. The fourth-order valence-corrected chi connectivity index (χ4v) is 9.67. The molecule has 4 heteroatoms. The molecule has 0 heterocycles. The Hall–Kier alpha value is -1.73. The first-order valence-corrected chi connectivity index (χ1v) is 13.3. The van der Waals surface area contributed by atoms with Crippen LogP contribution in [0.5, 0.6) is 0 Å². The van der Waals surface area contributed by atoms with Crippen molar-refractivity contribution in [2.45, 2.75) is 99.0 Å². The molecule has 184 valence electrons. The van der Waals surface area contributed by atoms with E-state index < -0.39 is 10.8 Å². The van der Waals surface area contributed by atoms with Gasteiger partial charge in [0.05, 0.1) is 5.57 Å². The van der Waals surface area contributed by atoms with Gasteiger partial charge >= 0.3 is 0 Å². The van der Waals surface area contributed by atoms with Crippen molar-refractivity contribution in [2.75, 3.05) is 0 Å². The molecular formula is C30H42N2O2. The molecule has 3 fully saturated rings. The van der Waals surface area contributed by atoms with E-state index in [0.29, 0.717) is 0 Å². The number of nitrogens with zero attached hydrogens (tertiary/aromatic N) is 1. The van der Waals surface area contributed by atoms with Crippen molar-refractivity contribution in [3.63, 3.8) is 0 Å². The smallest absolute Gasteiger partial charge is 0.178 e. The molecule has 5 rings (SSSR count). The van der Waals surface area contributed by atoms with E-state index >= 15 is 0 Å². The predicted molar refractivity (Wildman–Crippen MR) is 133 cm³/mol. The SMILES string of the molecule is CC1(C)CC[C@]2(N)CC[C@]3(C)[C@H](C(=O)C=C4[C@@]5(C)C=C(C#N)C(=O)C(C)(C)[C@@H]5CC[C@]43C)[C@@H]2C1. The van der Waals surface area contributed by atoms with Crippen LogP contribution in [0.1, 0.15) is 93.4 Å². The van der Waals surface area contributed by atoms with E-state index in [1.165, 1.54) is 0 Å². The van der Waals surface area contributed by atoms with E-state index in [0.717, 1.165) is 50.5 Å². The van der Waals surface area contributed by atoms with E-state index in [1.807, 2.05) is 26.0 Å². The van der Waals surface area contributed by atoms with Crippen LogP contribution in [0.3, 0.4) is 0 Å². The van der Waals surface area contributed by atoms with Crippen LogP contribution in [0.2, 0.25) is 0 Å². The van der Waals surface area contributed by atoms with Crippen molar-refractivity contribution < 1.29 is 9.59 Å². The molecule has 4 nitrogen and oxygen atoms in total. The molecule has 34 heavy (non-hydrogen) atoms. The van der Waals surface area contributed by atoms with Gasteiger partial charge in [-0.2, -0.15) is 5.26 Å². The van der Waals surface area contributed by atoms with Crippen LogP contribution in [-0.4, -0.2) is 17.1 Å². The monoisotopic (exact) mass is 462 g/mol. The van der Waals surface area contributed by atoms with Crippen LogP contribution < -0.4 is 5.73 Å². The highest BCUT2D eigenvalue weighted by atomic mass is 16.1. The lowest BCUT2D eigenvalue weighted by molar-refractivity contribution is -0.158. The fraction of sp³-hybridized carbons (Fsp3) is 0.767. The number of nitriles is 1. The van der Waals surface area contributed by atoms with Crippen LogP contribution in [0.4, 0.5) is 0 Å². The zero-order chi connectivity index (χ0) is 25.1. The molecule has 0 amide bonds. The highest BCUT2D eigenvalue weighted by Crippen LogP contribution is 2.73. The van der Waals surface area contributed by atoms with Crippen LogP contribution in [-0.2, 0) is 9.59 Å². The zero-order valence-electron chi connectivity index (χ0n) is 22.2. The van der Waals surface area contributed by atoms with Gasteiger partial charge in [0.25, 0.3) is 0 Å². The van der Waals surface area contributed by atoms with Gasteiger partial charge in [-0.15, -0.1) is 0 Å². The molecule has 7 atom stereocenters. The van der Waals surface area contributed by atoms with Gasteiger partial charge in [-0.3, -0.25) is 9.59 Å². The minimum Gasteiger partial charge on any atom is -0.325 e. The highest BCUT2D eigenvalue weighted by molar-refractivity contribution is 6.04. The lowest BCUT2D eigenvalue weighted by Gasteiger charge is -2.69. The van der Waals surface area contributed by atoms with E-state index in [-0.39, 0.29) is 56.7 Å². The summed E-state index contributed by atoms with van der Waals surface area (Å²) in [5.74, 6) is 0.413. The molecule has 5 aliphatic carbocycles.